The molecule has 0 aromatic rings. The van der Waals surface area contributed by atoms with Crippen LogP contribution in [0.25, 0.3) is 0 Å². The van der Waals surface area contributed by atoms with Crippen LogP contribution < -0.4 is 0 Å². The van der Waals surface area contributed by atoms with E-state index in [1.807, 2.05) is 13.8 Å². The summed E-state index contributed by atoms with van der Waals surface area (Å²) in [5.74, 6) is 0. The Hall–Kier alpha value is -0.340. The SMILES string of the molecule is C=C[C@@H](O)[C@H]1OC1(C)C. The molecule has 52 valence electrons. The molecule has 1 saturated heterocycles. The van der Waals surface area contributed by atoms with Gasteiger partial charge in [0.15, 0.2) is 0 Å². The molecule has 2 atom stereocenters. The van der Waals surface area contributed by atoms with Crippen molar-refractivity contribution in [1.82, 2.24) is 0 Å². The van der Waals surface area contributed by atoms with Crippen molar-refractivity contribution >= 4 is 0 Å². The molecule has 1 fully saturated rings. The first-order chi connectivity index (χ1) is 4.08. The Kier molecular flexibility index (Phi) is 1.37. The zero-order valence-corrected chi connectivity index (χ0v) is 5.79. The highest BCUT2D eigenvalue weighted by Gasteiger charge is 2.51. The van der Waals surface area contributed by atoms with Crippen LogP contribution in [0, 0.1) is 0 Å². The van der Waals surface area contributed by atoms with Crippen LogP contribution >= 0.6 is 0 Å². The molecule has 0 aromatic carbocycles. The molecule has 0 amide bonds. The molecule has 1 aliphatic heterocycles. The third kappa shape index (κ3) is 1.14. The third-order valence-corrected chi connectivity index (χ3v) is 1.61. The quantitative estimate of drug-likeness (QED) is 0.439. The minimum absolute atomic E-state index is 0.0324. The molecule has 0 spiro atoms. The van der Waals surface area contributed by atoms with Gasteiger partial charge in [-0.15, -0.1) is 6.58 Å². The van der Waals surface area contributed by atoms with Gasteiger partial charge in [0.2, 0.25) is 0 Å². The first-order valence-electron chi connectivity index (χ1n) is 3.06. The lowest BCUT2D eigenvalue weighted by atomic mass is 10.1. The summed E-state index contributed by atoms with van der Waals surface area (Å²) < 4.78 is 5.14. The van der Waals surface area contributed by atoms with Gasteiger partial charge in [0.25, 0.3) is 0 Å². The Bertz CT molecular complexity index is 129. The van der Waals surface area contributed by atoms with Crippen molar-refractivity contribution in [2.24, 2.45) is 0 Å². The first kappa shape index (κ1) is 6.78. The Labute approximate surface area is 55.1 Å². The molecule has 1 heterocycles. The molecule has 2 heteroatoms. The Morgan fingerprint density at radius 1 is 1.78 bits per heavy atom. The van der Waals surface area contributed by atoms with Gasteiger partial charge in [-0.05, 0) is 13.8 Å². The first-order valence-corrected chi connectivity index (χ1v) is 3.06. The number of aliphatic hydroxyl groups is 1. The summed E-state index contributed by atoms with van der Waals surface area (Å²) in [6, 6.07) is 0. The largest absolute Gasteiger partial charge is 0.386 e. The summed E-state index contributed by atoms with van der Waals surface area (Å²) in [4.78, 5) is 0. The zero-order valence-electron chi connectivity index (χ0n) is 5.79. The summed E-state index contributed by atoms with van der Waals surface area (Å²) in [6.07, 6.45) is 0.967. The molecule has 0 bridgehead atoms. The van der Waals surface area contributed by atoms with E-state index in [0.29, 0.717) is 0 Å². The molecule has 1 N–H and O–H groups in total. The average Bonchev–Trinajstić information content (AvgIpc) is 2.38. The van der Waals surface area contributed by atoms with Crippen LogP contribution in [-0.2, 0) is 4.74 Å². The molecule has 1 rings (SSSR count). The van der Waals surface area contributed by atoms with Crippen LogP contribution in [0.1, 0.15) is 13.8 Å². The van der Waals surface area contributed by atoms with Crippen LogP contribution in [-0.4, -0.2) is 22.9 Å². The molecular formula is C7H12O2. The van der Waals surface area contributed by atoms with E-state index in [2.05, 4.69) is 6.58 Å². The van der Waals surface area contributed by atoms with E-state index in [4.69, 9.17) is 9.84 Å². The smallest absolute Gasteiger partial charge is 0.116 e. The topological polar surface area (TPSA) is 32.8 Å². The molecule has 0 aliphatic carbocycles. The molecule has 0 unspecified atom stereocenters. The number of rotatable bonds is 2. The molecule has 0 aromatic heterocycles. The van der Waals surface area contributed by atoms with E-state index in [9.17, 15) is 0 Å². The van der Waals surface area contributed by atoms with Gasteiger partial charge in [-0.3, -0.25) is 0 Å². The summed E-state index contributed by atoms with van der Waals surface area (Å²) in [5, 5.41) is 9.09. The molecule has 2 nitrogen and oxygen atoms in total. The minimum Gasteiger partial charge on any atom is -0.386 e. The maximum absolute atomic E-state index is 9.09. The predicted molar refractivity (Wildman–Crippen MR) is 35.2 cm³/mol. The summed E-state index contributed by atoms with van der Waals surface area (Å²) in [6.45, 7) is 7.36. The van der Waals surface area contributed by atoms with Gasteiger partial charge in [0.1, 0.15) is 12.2 Å². The molecular weight excluding hydrogens is 116 g/mol. The van der Waals surface area contributed by atoms with Gasteiger partial charge in [0, 0.05) is 0 Å². The Balaban J connectivity index is 2.42. The lowest BCUT2D eigenvalue weighted by Gasteiger charge is -1.99. The lowest BCUT2D eigenvalue weighted by molar-refractivity contribution is 0.177. The highest BCUT2D eigenvalue weighted by atomic mass is 16.6. The van der Waals surface area contributed by atoms with E-state index in [1.54, 1.807) is 0 Å². The Morgan fingerprint density at radius 3 is 2.33 bits per heavy atom. The van der Waals surface area contributed by atoms with E-state index < -0.39 is 6.10 Å². The summed E-state index contributed by atoms with van der Waals surface area (Å²) in [5.41, 5.74) is -0.131. The highest BCUT2D eigenvalue weighted by molar-refractivity contribution is 5.04. The number of epoxide rings is 1. The fraction of sp³-hybridized carbons (Fsp3) is 0.714. The van der Waals surface area contributed by atoms with Gasteiger partial charge in [-0.2, -0.15) is 0 Å². The summed E-state index contributed by atoms with van der Waals surface area (Å²) >= 11 is 0. The van der Waals surface area contributed by atoms with Gasteiger partial charge in [-0.1, -0.05) is 6.08 Å². The third-order valence-electron chi connectivity index (χ3n) is 1.61. The fourth-order valence-corrected chi connectivity index (χ4v) is 0.898. The standard InChI is InChI=1S/C7H12O2/c1-4-5(8)6-7(2,3)9-6/h4-6,8H,1H2,2-3H3/t5-,6-/m1/s1. The number of hydrogen-bond acceptors (Lipinski definition) is 2. The van der Waals surface area contributed by atoms with Gasteiger partial charge in [0.05, 0.1) is 5.60 Å². The monoisotopic (exact) mass is 128 g/mol. The van der Waals surface area contributed by atoms with Gasteiger partial charge in [-0.25, -0.2) is 0 Å². The van der Waals surface area contributed by atoms with Crippen molar-refractivity contribution in [3.05, 3.63) is 12.7 Å². The van der Waals surface area contributed by atoms with Gasteiger partial charge < -0.3 is 9.84 Å². The maximum atomic E-state index is 9.09. The number of hydrogen-bond donors (Lipinski definition) is 1. The van der Waals surface area contributed by atoms with Crippen molar-refractivity contribution in [1.29, 1.82) is 0 Å². The van der Waals surface area contributed by atoms with Crippen molar-refractivity contribution in [2.75, 3.05) is 0 Å². The maximum Gasteiger partial charge on any atom is 0.116 e. The molecule has 1 aliphatic rings. The van der Waals surface area contributed by atoms with Crippen LogP contribution in [0.15, 0.2) is 12.7 Å². The van der Waals surface area contributed by atoms with Crippen LogP contribution in [0.4, 0.5) is 0 Å². The Morgan fingerprint density at radius 2 is 2.22 bits per heavy atom. The number of ether oxygens (including phenoxy) is 1. The van der Waals surface area contributed by atoms with E-state index in [1.165, 1.54) is 6.08 Å². The zero-order chi connectivity index (χ0) is 7.07. The van der Waals surface area contributed by atoms with Gasteiger partial charge >= 0.3 is 0 Å². The predicted octanol–water partition coefficient (Wildman–Crippen LogP) is 0.711. The normalized spacial score (nSPS) is 33.4. The van der Waals surface area contributed by atoms with E-state index >= 15 is 0 Å². The van der Waals surface area contributed by atoms with E-state index in [0.717, 1.165) is 0 Å². The minimum atomic E-state index is -0.500. The fourth-order valence-electron chi connectivity index (χ4n) is 0.898. The van der Waals surface area contributed by atoms with Crippen molar-refractivity contribution in [2.45, 2.75) is 31.7 Å². The molecule has 0 radical (unpaired) electrons. The summed E-state index contributed by atoms with van der Waals surface area (Å²) in [7, 11) is 0. The second-order valence-corrected chi connectivity index (χ2v) is 2.87. The second kappa shape index (κ2) is 1.82. The van der Waals surface area contributed by atoms with Crippen LogP contribution in [0.2, 0.25) is 0 Å². The second-order valence-electron chi connectivity index (χ2n) is 2.87. The highest BCUT2D eigenvalue weighted by Crippen LogP contribution is 2.37. The van der Waals surface area contributed by atoms with Crippen molar-refractivity contribution in [3.8, 4) is 0 Å². The molecule has 9 heavy (non-hydrogen) atoms. The van der Waals surface area contributed by atoms with Crippen molar-refractivity contribution < 1.29 is 9.84 Å². The number of aliphatic hydroxyl groups excluding tert-OH is 1. The van der Waals surface area contributed by atoms with E-state index in [-0.39, 0.29) is 11.7 Å². The van der Waals surface area contributed by atoms with Crippen LogP contribution in [0.5, 0.6) is 0 Å². The average molecular weight is 128 g/mol. The van der Waals surface area contributed by atoms with Crippen LogP contribution in [0.3, 0.4) is 0 Å². The van der Waals surface area contributed by atoms with Crippen molar-refractivity contribution in [3.63, 3.8) is 0 Å². The molecule has 0 saturated carbocycles. The lowest BCUT2D eigenvalue weighted by Crippen LogP contribution is -2.17.